The minimum atomic E-state index is -0.663. The number of ether oxygens (including phenoxy) is 1. The van der Waals surface area contributed by atoms with Gasteiger partial charge in [-0.1, -0.05) is 468 Å². The quantitative estimate of drug-likeness (QED) is 0.0320. The summed E-state index contributed by atoms with van der Waals surface area (Å²) < 4.78 is 5.53. The van der Waals surface area contributed by atoms with Gasteiger partial charge in [-0.2, -0.15) is 0 Å². The number of amides is 1. The van der Waals surface area contributed by atoms with E-state index in [0.717, 1.165) is 44.9 Å². The third-order valence-electron chi connectivity index (χ3n) is 21.3. The molecule has 0 saturated carbocycles. The number of allylic oxidation sites excluding steroid dienone is 4. The second-order valence-electron chi connectivity index (χ2n) is 30.9. The van der Waals surface area contributed by atoms with Crippen LogP contribution in [-0.2, 0) is 14.3 Å². The van der Waals surface area contributed by atoms with Crippen molar-refractivity contribution in [3.63, 3.8) is 0 Å². The van der Waals surface area contributed by atoms with Crippen LogP contribution in [0.5, 0.6) is 0 Å². The molecule has 0 aliphatic rings. The molecule has 0 aromatic rings. The van der Waals surface area contributed by atoms with Crippen LogP contribution in [0.2, 0.25) is 0 Å². The van der Waals surface area contributed by atoms with Gasteiger partial charge >= 0.3 is 5.97 Å². The molecule has 1 amide bonds. The number of aliphatic hydroxyl groups excluding tert-OH is 2. The molecule has 2 unspecified atom stereocenters. The third kappa shape index (κ3) is 81.3. The maximum atomic E-state index is 12.6. The van der Waals surface area contributed by atoms with E-state index in [1.54, 1.807) is 0 Å². The van der Waals surface area contributed by atoms with Gasteiger partial charge in [0.1, 0.15) is 0 Å². The molecule has 0 aromatic carbocycles. The van der Waals surface area contributed by atoms with Gasteiger partial charge in [0.25, 0.3) is 0 Å². The van der Waals surface area contributed by atoms with Crippen molar-refractivity contribution < 1.29 is 24.5 Å². The van der Waals surface area contributed by atoms with Crippen molar-refractivity contribution in [2.45, 2.75) is 527 Å². The van der Waals surface area contributed by atoms with E-state index in [4.69, 9.17) is 4.74 Å². The monoisotopic (exact) mass is 1350 g/mol. The van der Waals surface area contributed by atoms with E-state index in [2.05, 4.69) is 43.5 Å². The SMILES string of the molecule is CCCCCCCCCCCCCCCCCCCCCCCC(O)C(CO)NC(=O)CCCCCCCCCCCCCCCCCCC/C=C\C/C=C\CCCCCCCCCCCCCCCCCOC(=O)CCCCCCCCCCCCCCCCCCCCC. The fraction of sp³-hybridized carbons (Fsp3) is 0.933. The van der Waals surface area contributed by atoms with Gasteiger partial charge < -0.3 is 20.3 Å². The second-order valence-corrected chi connectivity index (χ2v) is 30.9. The maximum Gasteiger partial charge on any atom is 0.305 e. The minimum Gasteiger partial charge on any atom is -0.466 e. The van der Waals surface area contributed by atoms with Crippen LogP contribution in [0.4, 0.5) is 0 Å². The zero-order chi connectivity index (χ0) is 69.1. The summed E-state index contributed by atoms with van der Waals surface area (Å²) in [5.41, 5.74) is 0. The molecule has 0 spiro atoms. The van der Waals surface area contributed by atoms with Crippen molar-refractivity contribution in [1.82, 2.24) is 5.32 Å². The van der Waals surface area contributed by atoms with E-state index in [0.29, 0.717) is 25.9 Å². The molecule has 2 atom stereocenters. The van der Waals surface area contributed by atoms with Crippen molar-refractivity contribution >= 4 is 11.9 Å². The van der Waals surface area contributed by atoms with E-state index < -0.39 is 12.1 Å². The highest BCUT2D eigenvalue weighted by atomic mass is 16.5. The lowest BCUT2D eigenvalue weighted by atomic mass is 10.0. The molecule has 96 heavy (non-hydrogen) atoms. The summed E-state index contributed by atoms with van der Waals surface area (Å²) >= 11 is 0. The molecule has 0 radical (unpaired) electrons. The molecule has 0 saturated heterocycles. The van der Waals surface area contributed by atoms with E-state index in [9.17, 15) is 19.8 Å². The van der Waals surface area contributed by atoms with Crippen LogP contribution in [0.15, 0.2) is 24.3 Å². The number of unbranched alkanes of at least 4 members (excludes halogenated alkanes) is 70. The summed E-state index contributed by atoms with van der Waals surface area (Å²) in [5, 5.41) is 23.5. The van der Waals surface area contributed by atoms with Gasteiger partial charge in [0.2, 0.25) is 5.91 Å². The standard InChI is InChI=1S/C90H175NO5/c1-3-5-7-9-11-13-15-17-19-21-23-43-47-50-54-58-62-66-70-74-78-82-88(93)87(86-92)91-89(94)83-79-75-71-67-63-59-55-51-48-44-41-39-37-35-33-31-29-27-25-24-26-28-30-32-34-36-38-40-42-45-49-53-57-61-65-69-73-77-81-85-96-90(95)84-80-76-72-68-64-60-56-52-46-22-20-18-16-14-12-10-8-6-4-2/h24-25,28,30,87-88,92-93H,3-23,26-27,29,31-86H2,1-2H3,(H,91,94)/b25-24-,30-28-. The first-order valence-electron chi connectivity index (χ1n) is 44.6. The van der Waals surface area contributed by atoms with E-state index in [-0.39, 0.29) is 18.5 Å². The first-order valence-corrected chi connectivity index (χ1v) is 44.6. The molecule has 6 heteroatoms. The van der Waals surface area contributed by atoms with E-state index in [1.807, 2.05) is 0 Å². The van der Waals surface area contributed by atoms with Crippen molar-refractivity contribution in [1.29, 1.82) is 0 Å². The summed E-state index contributed by atoms with van der Waals surface area (Å²) in [6.07, 6.45) is 112. The maximum absolute atomic E-state index is 12.6. The number of carbonyl (C=O) groups excluding carboxylic acids is 2. The fourth-order valence-corrected chi connectivity index (χ4v) is 14.5. The lowest BCUT2D eigenvalue weighted by molar-refractivity contribution is -0.143. The predicted molar refractivity (Wildman–Crippen MR) is 426 cm³/mol. The topological polar surface area (TPSA) is 95.9 Å². The Hall–Kier alpha value is -1.66. The van der Waals surface area contributed by atoms with Crippen molar-refractivity contribution in [3.05, 3.63) is 24.3 Å². The van der Waals surface area contributed by atoms with E-state index in [1.165, 1.54) is 437 Å². The summed E-state index contributed by atoms with van der Waals surface area (Å²) in [5.74, 6) is 0.000415. The Kier molecular flexibility index (Phi) is 84.3. The Morgan fingerprint density at radius 1 is 0.292 bits per heavy atom. The predicted octanol–water partition coefficient (Wildman–Crippen LogP) is 29.9. The van der Waals surface area contributed by atoms with Crippen molar-refractivity contribution in [2.24, 2.45) is 0 Å². The van der Waals surface area contributed by atoms with Gasteiger partial charge in [0.05, 0.1) is 25.4 Å². The second kappa shape index (κ2) is 85.8. The first kappa shape index (κ1) is 94.3. The van der Waals surface area contributed by atoms with Gasteiger partial charge in [0.15, 0.2) is 0 Å². The molecule has 570 valence electrons. The molecule has 3 N–H and O–H groups in total. The zero-order valence-electron chi connectivity index (χ0n) is 65.7. The Bertz CT molecular complexity index is 1510. The van der Waals surface area contributed by atoms with Gasteiger partial charge in [0, 0.05) is 12.8 Å². The summed E-state index contributed by atoms with van der Waals surface area (Å²) in [6, 6.07) is -0.540. The third-order valence-corrected chi connectivity index (χ3v) is 21.3. The Balaban J connectivity index is 3.34. The van der Waals surface area contributed by atoms with Crippen LogP contribution < -0.4 is 5.32 Å². The number of nitrogens with one attached hydrogen (secondary N) is 1. The van der Waals surface area contributed by atoms with Crippen LogP contribution in [0, 0.1) is 0 Å². The largest absolute Gasteiger partial charge is 0.466 e. The van der Waals surface area contributed by atoms with Crippen LogP contribution in [-0.4, -0.2) is 47.4 Å². The number of aliphatic hydroxyl groups is 2. The summed E-state index contributed by atoms with van der Waals surface area (Å²) in [4.78, 5) is 24.7. The van der Waals surface area contributed by atoms with Gasteiger partial charge in [-0.05, 0) is 57.8 Å². The fourth-order valence-electron chi connectivity index (χ4n) is 14.5. The number of esters is 1. The number of hydrogen-bond acceptors (Lipinski definition) is 5. The van der Waals surface area contributed by atoms with Crippen LogP contribution in [0.1, 0.15) is 515 Å². The van der Waals surface area contributed by atoms with Gasteiger partial charge in [-0.15, -0.1) is 0 Å². The molecule has 0 heterocycles. The van der Waals surface area contributed by atoms with Gasteiger partial charge in [-0.25, -0.2) is 0 Å². The Morgan fingerprint density at radius 2 is 0.521 bits per heavy atom. The molecular formula is C90H175NO5. The first-order chi connectivity index (χ1) is 47.5. The smallest absolute Gasteiger partial charge is 0.305 e. The van der Waals surface area contributed by atoms with Crippen molar-refractivity contribution in [2.75, 3.05) is 13.2 Å². The lowest BCUT2D eigenvalue weighted by Crippen LogP contribution is -2.45. The number of carbonyl (C=O) groups is 2. The van der Waals surface area contributed by atoms with Crippen LogP contribution in [0.25, 0.3) is 0 Å². The highest BCUT2D eigenvalue weighted by molar-refractivity contribution is 5.76. The normalized spacial score (nSPS) is 12.5. The molecule has 0 bridgehead atoms. The number of hydrogen-bond donors (Lipinski definition) is 3. The highest BCUT2D eigenvalue weighted by Gasteiger charge is 2.20. The Morgan fingerprint density at radius 3 is 0.792 bits per heavy atom. The average molecular weight is 1350 g/mol. The number of rotatable bonds is 85. The van der Waals surface area contributed by atoms with Crippen LogP contribution in [0.3, 0.4) is 0 Å². The molecule has 0 aliphatic heterocycles. The van der Waals surface area contributed by atoms with Crippen molar-refractivity contribution in [3.8, 4) is 0 Å². The summed E-state index contributed by atoms with van der Waals surface area (Å²) in [6.45, 7) is 5.02. The van der Waals surface area contributed by atoms with Gasteiger partial charge in [-0.3, -0.25) is 9.59 Å². The molecule has 0 aromatic heterocycles. The molecular weight excluding hydrogens is 1170 g/mol. The zero-order valence-corrected chi connectivity index (χ0v) is 65.7. The average Bonchev–Trinajstić information content (AvgIpc) is 3.72. The Labute approximate surface area is 602 Å². The van der Waals surface area contributed by atoms with E-state index >= 15 is 0 Å². The molecule has 0 rings (SSSR count). The minimum absolute atomic E-state index is 0.0260. The van der Waals surface area contributed by atoms with Crippen LogP contribution >= 0.6 is 0 Å². The molecule has 0 aliphatic carbocycles. The highest BCUT2D eigenvalue weighted by Crippen LogP contribution is 2.21. The summed E-state index contributed by atoms with van der Waals surface area (Å²) in [7, 11) is 0. The molecule has 0 fully saturated rings. The molecule has 6 nitrogen and oxygen atoms in total. The lowest BCUT2D eigenvalue weighted by Gasteiger charge is -2.22.